The van der Waals surface area contributed by atoms with E-state index in [-0.39, 0.29) is 17.8 Å². The Morgan fingerprint density at radius 1 is 1.16 bits per heavy atom. The van der Waals surface area contributed by atoms with Crippen LogP contribution in [0.15, 0.2) is 54.7 Å². The van der Waals surface area contributed by atoms with Crippen LogP contribution in [0, 0.1) is 5.92 Å². The molecule has 0 radical (unpaired) electrons. The van der Waals surface area contributed by atoms with Gasteiger partial charge < -0.3 is 14.0 Å². The minimum Gasteiger partial charge on any atom is -0.466 e. The Morgan fingerprint density at radius 2 is 1.94 bits per heavy atom. The summed E-state index contributed by atoms with van der Waals surface area (Å²) in [5.41, 5.74) is 3.14. The Kier molecular flexibility index (Phi) is 6.85. The summed E-state index contributed by atoms with van der Waals surface area (Å²) in [5.74, 6) is -0.358. The molecule has 4 rings (SSSR count). The number of hydrogen-bond donors (Lipinski definition) is 0. The lowest BCUT2D eigenvalue weighted by molar-refractivity contribution is -0.150. The second-order valence-electron chi connectivity index (χ2n) is 8.31. The SMILES string of the molecule is CCOC(=O)[C@@H]1CCCN(Cc2c(C(=O)N(C)Cc3ccccc3)nc3ccccn23)C1. The molecule has 7 nitrogen and oxygen atoms in total. The molecule has 0 unspecified atom stereocenters. The number of benzene rings is 1. The lowest BCUT2D eigenvalue weighted by atomic mass is 9.98. The molecule has 1 aliphatic rings. The highest BCUT2D eigenvalue weighted by molar-refractivity contribution is 5.94. The van der Waals surface area contributed by atoms with Crippen LogP contribution in [0.1, 0.15) is 41.5 Å². The number of nitrogens with zero attached hydrogens (tertiary/aromatic N) is 4. The van der Waals surface area contributed by atoms with Crippen LogP contribution in [0.2, 0.25) is 0 Å². The number of ether oxygens (including phenoxy) is 1. The van der Waals surface area contributed by atoms with Crippen molar-refractivity contribution in [3.63, 3.8) is 0 Å². The van der Waals surface area contributed by atoms with Crippen molar-refractivity contribution >= 4 is 17.5 Å². The standard InChI is InChI=1S/C25H30N4O3/c1-3-32-25(31)20-12-9-14-28(17-20)18-21-23(26-22-13-7-8-15-29(21)22)24(30)27(2)16-19-10-5-4-6-11-19/h4-8,10-11,13,15,20H,3,9,12,14,16-18H2,1-2H3/t20-/m1/s1. The van der Waals surface area contributed by atoms with Gasteiger partial charge in [-0.1, -0.05) is 36.4 Å². The van der Waals surface area contributed by atoms with Crippen LogP contribution in [-0.2, 0) is 22.6 Å². The number of rotatable bonds is 7. The van der Waals surface area contributed by atoms with Crippen molar-refractivity contribution in [2.75, 3.05) is 26.7 Å². The van der Waals surface area contributed by atoms with Crippen molar-refractivity contribution in [2.45, 2.75) is 32.9 Å². The van der Waals surface area contributed by atoms with Crippen molar-refractivity contribution < 1.29 is 14.3 Å². The van der Waals surface area contributed by atoms with Crippen LogP contribution in [0.25, 0.3) is 5.65 Å². The fourth-order valence-electron chi connectivity index (χ4n) is 4.34. The van der Waals surface area contributed by atoms with Gasteiger partial charge in [0.25, 0.3) is 5.91 Å². The van der Waals surface area contributed by atoms with E-state index in [1.807, 2.05) is 66.1 Å². The predicted molar refractivity (Wildman–Crippen MR) is 122 cm³/mol. The summed E-state index contributed by atoms with van der Waals surface area (Å²) in [6.45, 7) is 4.81. The highest BCUT2D eigenvalue weighted by Gasteiger charge is 2.29. The third kappa shape index (κ3) is 4.83. The maximum Gasteiger partial charge on any atom is 0.310 e. The summed E-state index contributed by atoms with van der Waals surface area (Å²) in [6, 6.07) is 15.7. The van der Waals surface area contributed by atoms with Gasteiger partial charge in [0.15, 0.2) is 5.69 Å². The molecule has 1 fully saturated rings. The second kappa shape index (κ2) is 9.96. The van der Waals surface area contributed by atoms with Crippen LogP contribution in [0.3, 0.4) is 0 Å². The van der Waals surface area contributed by atoms with Crippen LogP contribution in [0.4, 0.5) is 0 Å². The third-order valence-electron chi connectivity index (χ3n) is 5.94. The Bertz CT molecular complexity index is 1080. The van der Waals surface area contributed by atoms with E-state index in [4.69, 9.17) is 4.74 Å². The first-order chi connectivity index (χ1) is 15.6. The number of pyridine rings is 1. The zero-order valence-corrected chi connectivity index (χ0v) is 18.7. The van der Waals surface area contributed by atoms with Crippen LogP contribution in [0.5, 0.6) is 0 Å². The number of imidazole rings is 1. The number of carbonyl (C=O) groups excluding carboxylic acids is 2. The summed E-state index contributed by atoms with van der Waals surface area (Å²) < 4.78 is 7.22. The maximum atomic E-state index is 13.4. The van der Waals surface area contributed by atoms with E-state index in [1.165, 1.54) is 0 Å². The largest absolute Gasteiger partial charge is 0.466 e. The lowest BCUT2D eigenvalue weighted by Gasteiger charge is -2.31. The van der Waals surface area contributed by atoms with Crippen LogP contribution >= 0.6 is 0 Å². The molecule has 0 bridgehead atoms. The van der Waals surface area contributed by atoms with Gasteiger partial charge in [0.2, 0.25) is 0 Å². The number of esters is 1. The molecule has 168 valence electrons. The lowest BCUT2D eigenvalue weighted by Crippen LogP contribution is -2.39. The average molecular weight is 435 g/mol. The topological polar surface area (TPSA) is 67.2 Å². The molecule has 32 heavy (non-hydrogen) atoms. The van der Waals surface area contributed by atoms with E-state index in [0.717, 1.165) is 36.3 Å². The van der Waals surface area contributed by atoms with Crippen molar-refractivity contribution in [1.82, 2.24) is 19.2 Å². The van der Waals surface area contributed by atoms with Gasteiger partial charge in [0.1, 0.15) is 5.65 Å². The average Bonchev–Trinajstić information content (AvgIpc) is 3.18. The van der Waals surface area contributed by atoms with Crippen molar-refractivity contribution in [1.29, 1.82) is 0 Å². The van der Waals surface area contributed by atoms with E-state index >= 15 is 0 Å². The van der Waals surface area contributed by atoms with E-state index in [2.05, 4.69) is 9.88 Å². The number of carbonyl (C=O) groups is 2. The first-order valence-corrected chi connectivity index (χ1v) is 11.2. The minimum atomic E-state index is -0.130. The van der Waals surface area contributed by atoms with Gasteiger partial charge in [-0.3, -0.25) is 14.5 Å². The number of amides is 1. The normalized spacial score (nSPS) is 16.8. The van der Waals surface area contributed by atoms with E-state index in [0.29, 0.717) is 31.9 Å². The van der Waals surface area contributed by atoms with Crippen LogP contribution in [-0.4, -0.2) is 57.8 Å². The highest BCUT2D eigenvalue weighted by Crippen LogP contribution is 2.23. The number of hydrogen-bond acceptors (Lipinski definition) is 5. The zero-order chi connectivity index (χ0) is 22.5. The van der Waals surface area contributed by atoms with Gasteiger partial charge in [-0.15, -0.1) is 0 Å². The van der Waals surface area contributed by atoms with Gasteiger partial charge in [-0.2, -0.15) is 0 Å². The molecule has 0 saturated carbocycles. The molecule has 7 heteroatoms. The number of piperidine rings is 1. The number of likely N-dealkylation sites (tertiary alicyclic amines) is 1. The predicted octanol–water partition coefficient (Wildman–Crippen LogP) is 3.38. The van der Waals surface area contributed by atoms with Gasteiger partial charge in [-0.05, 0) is 44.0 Å². The van der Waals surface area contributed by atoms with Crippen LogP contribution < -0.4 is 0 Å². The summed E-state index contributed by atoms with van der Waals surface area (Å²) in [4.78, 5) is 34.3. The quantitative estimate of drug-likeness (QED) is 0.534. The molecule has 0 N–H and O–H groups in total. The van der Waals surface area contributed by atoms with Crippen molar-refractivity contribution in [3.05, 3.63) is 71.7 Å². The zero-order valence-electron chi connectivity index (χ0n) is 18.7. The summed E-state index contributed by atoms with van der Waals surface area (Å²) >= 11 is 0. The van der Waals surface area contributed by atoms with Gasteiger partial charge in [0, 0.05) is 32.9 Å². The van der Waals surface area contributed by atoms with Gasteiger partial charge in [0.05, 0.1) is 18.2 Å². The Labute approximate surface area is 188 Å². The molecular weight excluding hydrogens is 404 g/mol. The van der Waals surface area contributed by atoms with Gasteiger partial charge in [-0.25, -0.2) is 4.98 Å². The smallest absolute Gasteiger partial charge is 0.310 e. The summed E-state index contributed by atoms with van der Waals surface area (Å²) in [6.07, 6.45) is 3.71. The molecule has 1 aromatic carbocycles. The Morgan fingerprint density at radius 3 is 2.72 bits per heavy atom. The molecule has 1 atom stereocenters. The first kappa shape index (κ1) is 22.0. The molecular formula is C25H30N4O3. The third-order valence-corrected chi connectivity index (χ3v) is 5.94. The summed E-state index contributed by atoms with van der Waals surface area (Å²) in [5, 5.41) is 0. The molecule has 3 aromatic rings. The Balaban J connectivity index is 1.58. The fourth-order valence-corrected chi connectivity index (χ4v) is 4.34. The molecule has 0 spiro atoms. The Hall–Kier alpha value is -3.19. The first-order valence-electron chi connectivity index (χ1n) is 11.2. The molecule has 3 heterocycles. The monoisotopic (exact) mass is 434 g/mol. The summed E-state index contributed by atoms with van der Waals surface area (Å²) in [7, 11) is 1.81. The second-order valence-corrected chi connectivity index (χ2v) is 8.31. The van der Waals surface area contributed by atoms with Crippen molar-refractivity contribution in [3.8, 4) is 0 Å². The minimum absolute atomic E-state index is 0.105. The van der Waals surface area contributed by atoms with Gasteiger partial charge >= 0.3 is 5.97 Å². The molecule has 1 amide bonds. The van der Waals surface area contributed by atoms with E-state index < -0.39 is 0 Å². The highest BCUT2D eigenvalue weighted by atomic mass is 16.5. The molecule has 2 aromatic heterocycles. The number of aromatic nitrogens is 2. The fraction of sp³-hybridized carbons (Fsp3) is 0.400. The van der Waals surface area contributed by atoms with E-state index in [9.17, 15) is 9.59 Å². The van der Waals surface area contributed by atoms with E-state index in [1.54, 1.807) is 11.9 Å². The van der Waals surface area contributed by atoms with Crippen molar-refractivity contribution in [2.24, 2.45) is 5.92 Å². The maximum absolute atomic E-state index is 13.4. The molecule has 1 aliphatic heterocycles. The number of fused-ring (bicyclic) bond motifs is 1. The molecule has 1 saturated heterocycles. The molecule has 0 aliphatic carbocycles.